The molecule has 106 valence electrons. The van der Waals surface area contributed by atoms with E-state index in [2.05, 4.69) is 0 Å². The van der Waals surface area contributed by atoms with Gasteiger partial charge in [0.15, 0.2) is 11.6 Å². The largest absolute Gasteiger partial charge is 0.477 e. The monoisotopic (exact) mass is 279 g/mol. The molecule has 0 amide bonds. The van der Waals surface area contributed by atoms with Gasteiger partial charge in [0.05, 0.1) is 0 Å². The SMILES string of the molecule is CCCc1cc(C(=O)O)n(Cc2ccc(F)c(F)c2)c1. The first-order valence-corrected chi connectivity index (χ1v) is 6.37. The van der Waals surface area contributed by atoms with E-state index in [1.165, 1.54) is 6.07 Å². The van der Waals surface area contributed by atoms with E-state index in [4.69, 9.17) is 5.11 Å². The van der Waals surface area contributed by atoms with E-state index in [0.717, 1.165) is 30.5 Å². The van der Waals surface area contributed by atoms with Crippen LogP contribution in [0.3, 0.4) is 0 Å². The number of carboxylic acids is 1. The number of aromatic nitrogens is 1. The van der Waals surface area contributed by atoms with Crippen LogP contribution in [0.4, 0.5) is 8.78 Å². The van der Waals surface area contributed by atoms with E-state index in [1.807, 2.05) is 6.92 Å². The molecule has 0 saturated carbocycles. The Morgan fingerprint density at radius 3 is 2.55 bits per heavy atom. The molecule has 0 unspecified atom stereocenters. The van der Waals surface area contributed by atoms with Crippen LogP contribution in [-0.4, -0.2) is 15.6 Å². The molecule has 1 aromatic carbocycles. The lowest BCUT2D eigenvalue weighted by molar-refractivity contribution is 0.0685. The van der Waals surface area contributed by atoms with Crippen LogP contribution in [0.15, 0.2) is 30.5 Å². The van der Waals surface area contributed by atoms with Crippen LogP contribution >= 0.6 is 0 Å². The molecule has 0 aliphatic carbocycles. The highest BCUT2D eigenvalue weighted by Gasteiger charge is 2.13. The van der Waals surface area contributed by atoms with Gasteiger partial charge >= 0.3 is 5.97 Å². The summed E-state index contributed by atoms with van der Waals surface area (Å²) in [4.78, 5) is 11.2. The lowest BCUT2D eigenvalue weighted by Gasteiger charge is -2.06. The van der Waals surface area contributed by atoms with Crippen molar-refractivity contribution in [2.75, 3.05) is 0 Å². The quantitative estimate of drug-likeness (QED) is 0.910. The summed E-state index contributed by atoms with van der Waals surface area (Å²) in [5, 5.41) is 9.17. The molecule has 0 spiro atoms. The van der Waals surface area contributed by atoms with Crippen LogP contribution in [0.25, 0.3) is 0 Å². The highest BCUT2D eigenvalue weighted by atomic mass is 19.2. The Labute approximate surface area is 115 Å². The second-order valence-electron chi connectivity index (χ2n) is 4.67. The molecule has 0 atom stereocenters. The highest BCUT2D eigenvalue weighted by molar-refractivity contribution is 5.86. The molecule has 1 heterocycles. The minimum Gasteiger partial charge on any atom is -0.477 e. The average Bonchev–Trinajstić information content (AvgIpc) is 2.77. The first-order valence-electron chi connectivity index (χ1n) is 6.37. The number of hydrogen-bond donors (Lipinski definition) is 1. The van der Waals surface area contributed by atoms with Crippen molar-refractivity contribution in [1.29, 1.82) is 0 Å². The van der Waals surface area contributed by atoms with Gasteiger partial charge in [0.1, 0.15) is 5.69 Å². The summed E-state index contributed by atoms with van der Waals surface area (Å²) in [6.45, 7) is 2.20. The van der Waals surface area contributed by atoms with Gasteiger partial charge in [-0.3, -0.25) is 0 Å². The Morgan fingerprint density at radius 1 is 1.20 bits per heavy atom. The summed E-state index contributed by atoms with van der Waals surface area (Å²) < 4.78 is 27.6. The van der Waals surface area contributed by atoms with E-state index in [1.54, 1.807) is 16.8 Å². The smallest absolute Gasteiger partial charge is 0.352 e. The molecule has 5 heteroatoms. The summed E-state index contributed by atoms with van der Waals surface area (Å²) in [5.41, 5.74) is 1.59. The summed E-state index contributed by atoms with van der Waals surface area (Å²) >= 11 is 0. The van der Waals surface area contributed by atoms with Crippen molar-refractivity contribution in [2.24, 2.45) is 0 Å². The standard InChI is InChI=1S/C15H15F2NO2/c1-2-3-10-7-14(15(19)20)18(8-10)9-11-4-5-12(16)13(17)6-11/h4-8H,2-3,9H2,1H3,(H,19,20). The molecule has 2 rings (SSSR count). The summed E-state index contributed by atoms with van der Waals surface area (Å²) in [7, 11) is 0. The van der Waals surface area contributed by atoms with Crippen LogP contribution < -0.4 is 0 Å². The van der Waals surface area contributed by atoms with Gasteiger partial charge < -0.3 is 9.67 Å². The van der Waals surface area contributed by atoms with Gasteiger partial charge in [0.25, 0.3) is 0 Å². The molecule has 20 heavy (non-hydrogen) atoms. The molecule has 1 N–H and O–H groups in total. The van der Waals surface area contributed by atoms with Crippen LogP contribution in [0.1, 0.15) is 35.0 Å². The maximum atomic E-state index is 13.2. The molecule has 0 fully saturated rings. The maximum Gasteiger partial charge on any atom is 0.352 e. The zero-order valence-electron chi connectivity index (χ0n) is 11.1. The molecular weight excluding hydrogens is 264 g/mol. The van der Waals surface area contributed by atoms with Gasteiger partial charge in [-0.25, -0.2) is 13.6 Å². The first-order chi connectivity index (χ1) is 9.51. The number of nitrogens with zero attached hydrogens (tertiary/aromatic N) is 1. The van der Waals surface area contributed by atoms with Gasteiger partial charge in [-0.2, -0.15) is 0 Å². The Bertz CT molecular complexity index is 635. The minimum absolute atomic E-state index is 0.151. The molecule has 0 aliphatic heterocycles. The zero-order valence-corrected chi connectivity index (χ0v) is 11.1. The summed E-state index contributed by atoms with van der Waals surface area (Å²) in [5.74, 6) is -2.87. The number of hydrogen-bond acceptors (Lipinski definition) is 1. The Kier molecular flexibility index (Phi) is 4.17. The number of aryl methyl sites for hydroxylation is 1. The van der Waals surface area contributed by atoms with Crippen molar-refractivity contribution in [1.82, 2.24) is 4.57 Å². The van der Waals surface area contributed by atoms with Crippen molar-refractivity contribution < 1.29 is 18.7 Å². The number of rotatable bonds is 5. The third-order valence-electron chi connectivity index (χ3n) is 3.05. The third-order valence-corrected chi connectivity index (χ3v) is 3.05. The van der Waals surface area contributed by atoms with Gasteiger partial charge in [-0.15, -0.1) is 0 Å². The van der Waals surface area contributed by atoms with Gasteiger partial charge in [0.2, 0.25) is 0 Å². The molecule has 2 aromatic rings. The molecule has 0 bridgehead atoms. The molecule has 0 aliphatic rings. The molecule has 0 saturated heterocycles. The van der Waals surface area contributed by atoms with Crippen LogP contribution in [0, 0.1) is 11.6 Å². The predicted octanol–water partition coefficient (Wildman–Crippen LogP) is 3.47. The van der Waals surface area contributed by atoms with Gasteiger partial charge in [0, 0.05) is 12.7 Å². The Morgan fingerprint density at radius 2 is 1.95 bits per heavy atom. The molecular formula is C15H15F2NO2. The van der Waals surface area contributed by atoms with E-state index in [-0.39, 0.29) is 12.2 Å². The zero-order chi connectivity index (χ0) is 14.7. The lowest BCUT2D eigenvalue weighted by atomic mass is 10.2. The van der Waals surface area contributed by atoms with Crippen molar-refractivity contribution in [2.45, 2.75) is 26.3 Å². The van der Waals surface area contributed by atoms with Crippen LogP contribution in [-0.2, 0) is 13.0 Å². The second-order valence-corrected chi connectivity index (χ2v) is 4.67. The van der Waals surface area contributed by atoms with Crippen molar-refractivity contribution in [3.63, 3.8) is 0 Å². The molecule has 3 nitrogen and oxygen atoms in total. The lowest BCUT2D eigenvalue weighted by Crippen LogP contribution is -2.08. The fraction of sp³-hybridized carbons (Fsp3) is 0.267. The summed E-state index contributed by atoms with van der Waals surface area (Å²) in [6.07, 6.45) is 3.44. The van der Waals surface area contributed by atoms with E-state index in [0.29, 0.717) is 5.56 Å². The summed E-state index contributed by atoms with van der Waals surface area (Å²) in [6, 6.07) is 5.19. The topological polar surface area (TPSA) is 42.2 Å². The number of benzene rings is 1. The second kappa shape index (κ2) is 5.86. The van der Waals surface area contributed by atoms with E-state index < -0.39 is 17.6 Å². The van der Waals surface area contributed by atoms with Crippen LogP contribution in [0.5, 0.6) is 0 Å². The Balaban J connectivity index is 2.31. The maximum absolute atomic E-state index is 13.2. The van der Waals surface area contributed by atoms with Gasteiger partial charge in [-0.05, 0) is 35.7 Å². The average molecular weight is 279 g/mol. The Hall–Kier alpha value is -2.17. The minimum atomic E-state index is -1.03. The molecule has 0 radical (unpaired) electrons. The van der Waals surface area contributed by atoms with Crippen LogP contribution in [0.2, 0.25) is 0 Å². The van der Waals surface area contributed by atoms with E-state index >= 15 is 0 Å². The third kappa shape index (κ3) is 3.04. The van der Waals surface area contributed by atoms with Crippen molar-refractivity contribution in [3.8, 4) is 0 Å². The predicted molar refractivity (Wildman–Crippen MR) is 70.8 cm³/mol. The number of halogens is 2. The van der Waals surface area contributed by atoms with Crippen molar-refractivity contribution in [3.05, 3.63) is 58.9 Å². The fourth-order valence-corrected chi connectivity index (χ4v) is 2.14. The van der Waals surface area contributed by atoms with E-state index in [9.17, 15) is 13.6 Å². The fourth-order valence-electron chi connectivity index (χ4n) is 2.14. The van der Waals surface area contributed by atoms with Crippen molar-refractivity contribution >= 4 is 5.97 Å². The number of carboxylic acid groups (broad SMARTS) is 1. The number of aromatic carboxylic acids is 1. The highest BCUT2D eigenvalue weighted by Crippen LogP contribution is 2.15. The normalized spacial score (nSPS) is 10.8. The first kappa shape index (κ1) is 14.2. The molecule has 1 aromatic heterocycles. The number of carbonyl (C=O) groups is 1. The van der Waals surface area contributed by atoms with Gasteiger partial charge in [-0.1, -0.05) is 19.4 Å².